The third-order valence-electron chi connectivity index (χ3n) is 6.06. The van der Waals surface area contributed by atoms with Crippen LogP contribution in [-0.4, -0.2) is 62.7 Å². The average molecular weight is 575 g/mol. The van der Waals surface area contributed by atoms with Gasteiger partial charge in [-0.3, -0.25) is 9.59 Å². The van der Waals surface area contributed by atoms with Crippen molar-refractivity contribution in [3.05, 3.63) is 101 Å². The molecular weight excluding hydrogens is 543 g/mol. The molecule has 1 N–H and O–H groups in total. The van der Waals surface area contributed by atoms with E-state index in [9.17, 15) is 22.4 Å². The fraction of sp³-hybridized carbons (Fsp3) is 0.286. The zero-order chi connectivity index (χ0) is 28.6. The molecule has 0 fully saturated rings. The number of hydrogen-bond donors (Lipinski definition) is 1. The molecule has 3 aromatic rings. The molecule has 0 unspecified atom stereocenters. The minimum atomic E-state index is -4.29. The van der Waals surface area contributed by atoms with Crippen molar-refractivity contribution in [2.24, 2.45) is 0 Å². The van der Waals surface area contributed by atoms with Gasteiger partial charge in [-0.1, -0.05) is 72.3 Å². The van der Waals surface area contributed by atoms with Crippen LogP contribution in [-0.2, 0) is 32.8 Å². The zero-order valence-corrected chi connectivity index (χ0v) is 23.6. The third-order valence-corrected chi connectivity index (χ3v) is 8.24. The van der Waals surface area contributed by atoms with Crippen LogP contribution in [0.25, 0.3) is 0 Å². The second-order valence-electron chi connectivity index (χ2n) is 8.96. The molecule has 208 valence electrons. The van der Waals surface area contributed by atoms with Crippen molar-refractivity contribution in [3.63, 3.8) is 0 Å². The monoisotopic (exact) mass is 574 g/mol. The van der Waals surface area contributed by atoms with Crippen molar-refractivity contribution in [3.8, 4) is 0 Å². The van der Waals surface area contributed by atoms with E-state index in [1.807, 2.05) is 30.3 Å². The van der Waals surface area contributed by atoms with Gasteiger partial charge in [-0.2, -0.15) is 12.7 Å². The molecule has 0 bridgehead atoms. The second kappa shape index (κ2) is 13.5. The smallest absolute Gasteiger partial charge is 0.304 e. The summed E-state index contributed by atoms with van der Waals surface area (Å²) in [6.45, 7) is 1.28. The lowest BCUT2D eigenvalue weighted by molar-refractivity contribution is -0.140. The first-order valence-electron chi connectivity index (χ1n) is 12.4. The van der Waals surface area contributed by atoms with Crippen molar-refractivity contribution >= 4 is 39.3 Å². The van der Waals surface area contributed by atoms with Crippen molar-refractivity contribution in [2.45, 2.75) is 25.9 Å². The van der Waals surface area contributed by atoms with Crippen LogP contribution >= 0.6 is 11.6 Å². The Kier molecular flexibility index (Phi) is 10.4. The van der Waals surface area contributed by atoms with Crippen LogP contribution in [0.2, 0.25) is 5.02 Å². The van der Waals surface area contributed by atoms with Gasteiger partial charge in [0.15, 0.2) is 0 Å². The second-order valence-corrected chi connectivity index (χ2v) is 11.4. The van der Waals surface area contributed by atoms with Gasteiger partial charge in [0.1, 0.15) is 18.4 Å². The maximum Gasteiger partial charge on any atom is 0.304 e. The van der Waals surface area contributed by atoms with Gasteiger partial charge >= 0.3 is 10.2 Å². The summed E-state index contributed by atoms with van der Waals surface area (Å²) in [7, 11) is -1.70. The highest BCUT2D eigenvalue weighted by atomic mass is 35.5. The number of nitrogens with zero attached hydrogens (tertiary/aromatic N) is 3. The van der Waals surface area contributed by atoms with Crippen molar-refractivity contribution in [1.82, 2.24) is 14.5 Å². The summed E-state index contributed by atoms with van der Waals surface area (Å²) >= 11 is 6.41. The topological polar surface area (TPSA) is 90.0 Å². The Morgan fingerprint density at radius 1 is 0.949 bits per heavy atom. The van der Waals surface area contributed by atoms with Crippen LogP contribution in [0.15, 0.2) is 78.9 Å². The standard InChI is InChI=1S/C28H32ClFN4O4S/c1-4-31-28(36)26(18-21-12-6-5-7-13-21)33(19-22-14-8-9-15-23(22)29)27(35)20-34(39(37,38)32(2)3)25-17-11-10-16-24(25)30/h5-17,26H,4,18-20H2,1-3H3,(H,31,36)/t26-/m1/s1. The van der Waals surface area contributed by atoms with Gasteiger partial charge < -0.3 is 10.2 Å². The molecule has 2 amide bonds. The fourth-order valence-electron chi connectivity index (χ4n) is 4.01. The van der Waals surface area contributed by atoms with E-state index in [0.717, 1.165) is 15.9 Å². The summed E-state index contributed by atoms with van der Waals surface area (Å²) in [5.74, 6) is -1.91. The number of carbonyl (C=O) groups excluding carboxylic acids is 2. The van der Waals surface area contributed by atoms with Crippen LogP contribution in [0.3, 0.4) is 0 Å². The molecule has 0 aromatic heterocycles. The van der Waals surface area contributed by atoms with Crippen molar-refractivity contribution in [1.29, 1.82) is 0 Å². The SMILES string of the molecule is CCNC(=O)[C@@H](Cc1ccccc1)N(Cc1ccccc1Cl)C(=O)CN(c1ccccc1F)S(=O)(=O)N(C)C. The van der Waals surface area contributed by atoms with E-state index in [0.29, 0.717) is 21.4 Å². The number of para-hydroxylation sites is 1. The summed E-state index contributed by atoms with van der Waals surface area (Å²) in [6.07, 6.45) is 0.170. The van der Waals surface area contributed by atoms with Crippen LogP contribution in [0.5, 0.6) is 0 Å². The van der Waals surface area contributed by atoms with E-state index in [1.54, 1.807) is 31.2 Å². The lowest BCUT2D eigenvalue weighted by Crippen LogP contribution is -2.54. The van der Waals surface area contributed by atoms with Gasteiger partial charge in [0.05, 0.1) is 5.69 Å². The van der Waals surface area contributed by atoms with Crippen molar-refractivity contribution < 1.29 is 22.4 Å². The Hall–Kier alpha value is -3.47. The molecule has 0 saturated heterocycles. The van der Waals surface area contributed by atoms with Gasteiger partial charge in [0.25, 0.3) is 0 Å². The number of hydrogen-bond acceptors (Lipinski definition) is 4. The van der Waals surface area contributed by atoms with Crippen LogP contribution in [0, 0.1) is 5.82 Å². The number of rotatable bonds is 12. The van der Waals surface area contributed by atoms with Gasteiger partial charge in [-0.05, 0) is 36.2 Å². The Balaban J connectivity index is 2.10. The Morgan fingerprint density at radius 2 is 1.56 bits per heavy atom. The highest BCUT2D eigenvalue weighted by Crippen LogP contribution is 2.25. The number of anilines is 1. The lowest BCUT2D eigenvalue weighted by Gasteiger charge is -2.34. The largest absolute Gasteiger partial charge is 0.355 e. The Bertz CT molecular complexity index is 1390. The summed E-state index contributed by atoms with van der Waals surface area (Å²) in [6, 6.07) is 20.4. The van der Waals surface area contributed by atoms with E-state index >= 15 is 0 Å². The average Bonchev–Trinajstić information content (AvgIpc) is 2.91. The fourth-order valence-corrected chi connectivity index (χ4v) is 5.27. The first-order chi connectivity index (χ1) is 18.6. The molecule has 8 nitrogen and oxygen atoms in total. The number of amides is 2. The highest BCUT2D eigenvalue weighted by molar-refractivity contribution is 7.90. The summed E-state index contributed by atoms with van der Waals surface area (Å²) in [5, 5.41) is 3.16. The molecule has 11 heteroatoms. The third kappa shape index (κ3) is 7.56. The molecule has 0 aliphatic heterocycles. The lowest BCUT2D eigenvalue weighted by atomic mass is 10.0. The van der Waals surface area contributed by atoms with Crippen molar-refractivity contribution in [2.75, 3.05) is 31.5 Å². The molecule has 3 rings (SSSR count). The molecule has 1 atom stereocenters. The molecule has 0 aliphatic rings. The van der Waals surface area contributed by atoms with Gasteiger partial charge in [0, 0.05) is 38.6 Å². The predicted octanol–water partition coefficient (Wildman–Crippen LogP) is 3.87. The van der Waals surface area contributed by atoms with E-state index in [2.05, 4.69) is 5.32 Å². The van der Waals surface area contributed by atoms with Gasteiger partial charge in [0.2, 0.25) is 11.8 Å². The maximum atomic E-state index is 14.8. The summed E-state index contributed by atoms with van der Waals surface area (Å²) < 4.78 is 43.0. The Labute approximate surface area is 234 Å². The van der Waals surface area contributed by atoms with E-state index in [1.165, 1.54) is 37.2 Å². The number of carbonyl (C=O) groups is 2. The molecule has 3 aromatic carbocycles. The first-order valence-corrected chi connectivity index (χ1v) is 14.1. The first kappa shape index (κ1) is 30.1. The summed E-state index contributed by atoms with van der Waals surface area (Å²) in [5.41, 5.74) is 1.09. The molecule has 0 radical (unpaired) electrons. The highest BCUT2D eigenvalue weighted by Gasteiger charge is 2.35. The van der Waals surface area contributed by atoms with Crippen LogP contribution in [0.4, 0.5) is 10.1 Å². The number of benzene rings is 3. The maximum absolute atomic E-state index is 14.8. The normalized spacial score (nSPS) is 12.2. The molecular formula is C28H32ClFN4O4S. The van der Waals surface area contributed by atoms with E-state index in [4.69, 9.17) is 11.6 Å². The van der Waals surface area contributed by atoms with Gasteiger partial charge in [-0.15, -0.1) is 0 Å². The predicted molar refractivity (Wildman–Crippen MR) is 151 cm³/mol. The number of halogens is 2. The molecule has 0 heterocycles. The Morgan fingerprint density at radius 3 is 2.18 bits per heavy atom. The minimum absolute atomic E-state index is 0.0692. The zero-order valence-electron chi connectivity index (χ0n) is 22.1. The van der Waals surface area contributed by atoms with Crippen LogP contribution < -0.4 is 9.62 Å². The molecule has 0 saturated carbocycles. The number of nitrogens with one attached hydrogen (secondary N) is 1. The van der Waals surface area contributed by atoms with E-state index in [-0.39, 0.29) is 18.7 Å². The minimum Gasteiger partial charge on any atom is -0.355 e. The van der Waals surface area contributed by atoms with E-state index < -0.39 is 40.4 Å². The molecule has 39 heavy (non-hydrogen) atoms. The number of likely N-dealkylation sites (N-methyl/N-ethyl adjacent to an activating group) is 1. The summed E-state index contributed by atoms with van der Waals surface area (Å²) in [4.78, 5) is 28.7. The van der Waals surface area contributed by atoms with Gasteiger partial charge in [-0.25, -0.2) is 8.70 Å². The molecule has 0 spiro atoms. The van der Waals surface area contributed by atoms with Crippen LogP contribution in [0.1, 0.15) is 18.1 Å². The quantitative estimate of drug-likeness (QED) is 0.356. The molecule has 0 aliphatic carbocycles.